The Morgan fingerprint density at radius 3 is 1.58 bits per heavy atom. The number of ether oxygens (including phenoxy) is 10. The van der Waals surface area contributed by atoms with E-state index in [1.165, 1.54) is 13.2 Å². The standard InChI is InChI=1S/C51H40O16/c1-27(52)59-26-37-43-45(58-3)46(49(61-37)60-28(2)53)63-48(57)34-25-36-42(66-50(64-36,29-16-8-4-9-17-29)30-18-10-5-11-19-30)40(55)38(34)39-33(47(56)62-43)24-35(54)41-44(39)67-51(65-41,31-20-12-6-13-21-31)32-22-14-7-15-23-32/h4-25,37,43,45-46,49,54-55H,26H2,1-3H3/t37-,43-,45+,46-,49+/m1/s1. The minimum absolute atomic E-state index is 0.116. The molecule has 6 aromatic carbocycles. The SMILES string of the molecule is CO[C@@H]1[C@H]2OC(=O)c3cc4c(c(O)c3-c3c(cc(O)c5c3OC(c3ccccc3)(c3ccccc3)O5)C(=O)O[C@@H]1[C@@H](COC(C)=O)O[C@@H]2OC(C)=O)OC(c1ccccc1)(c1ccccc1)O4. The number of carbonyl (C=O) groups is 4. The number of phenolic OH excluding ortho intramolecular Hbond substituents is 2. The van der Waals surface area contributed by atoms with Crippen LogP contribution in [0.1, 0.15) is 56.8 Å². The summed E-state index contributed by atoms with van der Waals surface area (Å²) in [5.74, 6) is -9.68. The average molecular weight is 909 g/mol. The maximum atomic E-state index is 15.2. The molecular formula is C51H40O16. The molecule has 4 aliphatic heterocycles. The zero-order chi connectivity index (χ0) is 46.6. The summed E-state index contributed by atoms with van der Waals surface area (Å²) in [6.45, 7) is 1.72. The van der Waals surface area contributed by atoms with Crippen molar-refractivity contribution in [1.82, 2.24) is 0 Å². The number of hydrogen-bond acceptors (Lipinski definition) is 16. The second-order valence-electron chi connectivity index (χ2n) is 16.0. The molecule has 0 aromatic heterocycles. The van der Waals surface area contributed by atoms with Crippen LogP contribution < -0.4 is 18.9 Å². The van der Waals surface area contributed by atoms with Gasteiger partial charge < -0.3 is 57.6 Å². The van der Waals surface area contributed by atoms with Crippen molar-refractivity contribution in [2.45, 2.75) is 56.1 Å². The number of phenols is 2. The van der Waals surface area contributed by atoms with Gasteiger partial charge in [0.25, 0.3) is 0 Å². The Morgan fingerprint density at radius 1 is 0.597 bits per heavy atom. The first-order chi connectivity index (χ1) is 32.4. The normalized spacial score (nSPS) is 21.6. The fourth-order valence-corrected chi connectivity index (χ4v) is 8.89. The van der Waals surface area contributed by atoms with Crippen molar-refractivity contribution >= 4 is 23.9 Å². The van der Waals surface area contributed by atoms with Gasteiger partial charge in [-0.3, -0.25) is 9.59 Å². The van der Waals surface area contributed by atoms with E-state index in [0.717, 1.165) is 19.9 Å². The first-order valence-electron chi connectivity index (χ1n) is 21.1. The van der Waals surface area contributed by atoms with Gasteiger partial charge in [-0.05, 0) is 12.1 Å². The lowest BCUT2D eigenvalue weighted by Crippen LogP contribution is -2.62. The Hall–Kier alpha value is -8.08. The van der Waals surface area contributed by atoms with Gasteiger partial charge in [0.15, 0.2) is 35.2 Å². The van der Waals surface area contributed by atoms with Crippen LogP contribution in [-0.4, -0.2) is 78.5 Å². The lowest BCUT2D eigenvalue weighted by atomic mass is 9.91. The molecule has 0 saturated carbocycles. The van der Waals surface area contributed by atoms with E-state index in [0.29, 0.717) is 22.3 Å². The summed E-state index contributed by atoms with van der Waals surface area (Å²) < 4.78 is 62.2. The summed E-state index contributed by atoms with van der Waals surface area (Å²) >= 11 is 0. The number of hydrogen-bond donors (Lipinski definition) is 2. The Balaban J connectivity index is 1.25. The molecular weight excluding hydrogens is 869 g/mol. The van der Waals surface area contributed by atoms with Gasteiger partial charge in [0.05, 0.1) is 11.1 Å². The maximum Gasteiger partial charge on any atom is 0.339 e. The van der Waals surface area contributed by atoms with E-state index in [1.54, 1.807) is 109 Å². The number of fused-ring (bicyclic) bond motifs is 8. The molecule has 4 heterocycles. The predicted octanol–water partition coefficient (Wildman–Crippen LogP) is 7.04. The highest BCUT2D eigenvalue weighted by atomic mass is 16.8. The molecule has 0 radical (unpaired) electrons. The van der Waals surface area contributed by atoms with Crippen LogP contribution in [0.2, 0.25) is 0 Å². The van der Waals surface area contributed by atoms with Gasteiger partial charge in [0.1, 0.15) is 18.8 Å². The summed E-state index contributed by atoms with van der Waals surface area (Å²) in [6.07, 6.45) is -7.74. The van der Waals surface area contributed by atoms with E-state index in [-0.39, 0.29) is 34.1 Å². The minimum Gasteiger partial charge on any atom is -0.504 e. The molecule has 4 aliphatic rings. The van der Waals surface area contributed by atoms with Crippen molar-refractivity contribution < 1.29 is 76.8 Å². The molecule has 16 nitrogen and oxygen atoms in total. The van der Waals surface area contributed by atoms with Gasteiger partial charge in [-0.25, -0.2) is 9.59 Å². The number of carbonyl (C=O) groups excluding carboxylic acids is 4. The third kappa shape index (κ3) is 7.17. The molecule has 340 valence electrons. The number of benzene rings is 6. The summed E-state index contributed by atoms with van der Waals surface area (Å²) in [6, 6.07) is 37.8. The first kappa shape index (κ1) is 42.8. The molecule has 0 aliphatic carbocycles. The van der Waals surface area contributed by atoms with Gasteiger partial charge in [-0.2, -0.15) is 0 Å². The van der Waals surface area contributed by atoms with Gasteiger partial charge >= 0.3 is 35.5 Å². The summed E-state index contributed by atoms with van der Waals surface area (Å²) in [5, 5.41) is 24.8. The van der Waals surface area contributed by atoms with Crippen molar-refractivity contribution in [3.63, 3.8) is 0 Å². The van der Waals surface area contributed by atoms with Crippen LogP contribution in [0.3, 0.4) is 0 Å². The summed E-state index contributed by atoms with van der Waals surface area (Å²) in [7, 11) is 1.24. The smallest absolute Gasteiger partial charge is 0.339 e. The lowest BCUT2D eigenvalue weighted by Gasteiger charge is -2.43. The number of esters is 4. The monoisotopic (exact) mass is 908 g/mol. The van der Waals surface area contributed by atoms with E-state index in [9.17, 15) is 19.8 Å². The number of rotatable bonds is 8. The Morgan fingerprint density at radius 2 is 1.07 bits per heavy atom. The minimum atomic E-state index is -1.83. The molecule has 2 bridgehead atoms. The lowest BCUT2D eigenvalue weighted by molar-refractivity contribution is -0.294. The van der Waals surface area contributed by atoms with Crippen LogP contribution in [0.4, 0.5) is 0 Å². The molecule has 1 saturated heterocycles. The molecule has 67 heavy (non-hydrogen) atoms. The van der Waals surface area contributed by atoms with E-state index < -0.39 is 95.4 Å². The molecule has 0 amide bonds. The predicted molar refractivity (Wildman–Crippen MR) is 231 cm³/mol. The van der Waals surface area contributed by atoms with Crippen LogP contribution in [-0.2, 0) is 49.6 Å². The number of aromatic hydroxyl groups is 2. The van der Waals surface area contributed by atoms with Crippen LogP contribution in [0.15, 0.2) is 133 Å². The molecule has 0 spiro atoms. The molecule has 0 unspecified atom stereocenters. The molecule has 6 aromatic rings. The second-order valence-corrected chi connectivity index (χ2v) is 16.0. The van der Waals surface area contributed by atoms with Crippen molar-refractivity contribution in [2.75, 3.05) is 13.7 Å². The fraction of sp³-hybridized carbons (Fsp3) is 0.216. The second kappa shape index (κ2) is 16.7. The van der Waals surface area contributed by atoms with Crippen LogP contribution >= 0.6 is 0 Å². The van der Waals surface area contributed by atoms with Gasteiger partial charge in [0, 0.05) is 54.3 Å². The molecule has 16 heteroatoms. The zero-order valence-corrected chi connectivity index (χ0v) is 35.9. The van der Waals surface area contributed by atoms with Crippen molar-refractivity contribution in [3.8, 4) is 45.6 Å². The third-order valence-corrected chi connectivity index (χ3v) is 11.8. The highest BCUT2D eigenvalue weighted by Crippen LogP contribution is 2.62. The van der Waals surface area contributed by atoms with Gasteiger partial charge in [-0.15, -0.1) is 0 Å². The molecule has 2 N–H and O–H groups in total. The van der Waals surface area contributed by atoms with E-state index in [1.807, 2.05) is 12.1 Å². The van der Waals surface area contributed by atoms with Crippen LogP contribution in [0.5, 0.6) is 34.5 Å². The highest BCUT2D eigenvalue weighted by Gasteiger charge is 2.56. The zero-order valence-electron chi connectivity index (χ0n) is 35.9. The quantitative estimate of drug-likeness (QED) is 0.116. The molecule has 5 atom stereocenters. The van der Waals surface area contributed by atoms with Gasteiger partial charge in [0.2, 0.25) is 17.8 Å². The van der Waals surface area contributed by atoms with Crippen molar-refractivity contribution in [2.24, 2.45) is 0 Å². The van der Waals surface area contributed by atoms with Crippen molar-refractivity contribution in [3.05, 3.63) is 167 Å². The van der Waals surface area contributed by atoms with Gasteiger partial charge in [-0.1, -0.05) is 121 Å². The van der Waals surface area contributed by atoms with E-state index >= 15 is 9.59 Å². The first-order valence-corrected chi connectivity index (χ1v) is 21.1. The summed E-state index contributed by atoms with van der Waals surface area (Å²) in [5.41, 5.74) is 0.412. The largest absolute Gasteiger partial charge is 0.504 e. The van der Waals surface area contributed by atoms with Crippen LogP contribution in [0, 0.1) is 0 Å². The number of methoxy groups -OCH3 is 1. The Labute approximate surface area is 382 Å². The van der Waals surface area contributed by atoms with Crippen LogP contribution in [0.25, 0.3) is 11.1 Å². The maximum absolute atomic E-state index is 15.2. The summed E-state index contributed by atoms with van der Waals surface area (Å²) in [4.78, 5) is 55.0. The van der Waals surface area contributed by atoms with E-state index in [2.05, 4.69) is 0 Å². The Bertz CT molecular complexity index is 2830. The molecule has 1 fully saturated rings. The molecule has 10 rings (SSSR count). The van der Waals surface area contributed by atoms with Crippen molar-refractivity contribution in [1.29, 1.82) is 0 Å². The topological polar surface area (TPSA) is 201 Å². The average Bonchev–Trinajstić information content (AvgIpc) is 3.95. The van der Waals surface area contributed by atoms with E-state index in [4.69, 9.17) is 47.4 Å². The highest BCUT2D eigenvalue weighted by molar-refractivity contribution is 6.09. The Kier molecular flexibility index (Phi) is 10.7. The third-order valence-electron chi connectivity index (χ3n) is 11.8. The fourth-order valence-electron chi connectivity index (χ4n) is 8.89.